The van der Waals surface area contributed by atoms with E-state index in [-0.39, 0.29) is 24.0 Å². The Kier molecular flexibility index (Phi) is 3.89. The molecule has 7 nitrogen and oxygen atoms in total. The molecule has 2 N–H and O–H groups in total. The summed E-state index contributed by atoms with van der Waals surface area (Å²) in [6, 6.07) is 13.8. The van der Waals surface area contributed by atoms with Crippen LogP contribution in [0.5, 0.6) is 5.75 Å². The van der Waals surface area contributed by atoms with Crippen LogP contribution in [0.1, 0.15) is 20.8 Å². The van der Waals surface area contributed by atoms with Crippen LogP contribution in [-0.2, 0) is 9.53 Å². The van der Waals surface area contributed by atoms with E-state index in [9.17, 15) is 14.4 Å². The maximum Gasteiger partial charge on any atom is 0.355 e. The zero-order valence-electron chi connectivity index (χ0n) is 13.6. The highest BCUT2D eigenvalue weighted by atomic mass is 16.5. The summed E-state index contributed by atoms with van der Waals surface area (Å²) in [4.78, 5) is 38.7. The molecule has 0 saturated heterocycles. The molecule has 7 heteroatoms. The molecule has 2 heterocycles. The number of benzene rings is 2. The number of Topliss-reactive ketones (excluding diaryl/α,β-unsaturated/α-hetero) is 1. The molecule has 3 aromatic rings. The fraction of sp³-hybridized carbons (Fsp3) is 0.105. The van der Waals surface area contributed by atoms with Gasteiger partial charge in [0.15, 0.2) is 19.0 Å². The Morgan fingerprint density at radius 1 is 1.12 bits per heavy atom. The highest BCUT2D eigenvalue weighted by Gasteiger charge is 2.19. The van der Waals surface area contributed by atoms with Crippen LogP contribution in [0.2, 0.25) is 0 Å². The zero-order valence-corrected chi connectivity index (χ0v) is 13.6. The van der Waals surface area contributed by atoms with Gasteiger partial charge in [0.2, 0.25) is 0 Å². The second-order valence-corrected chi connectivity index (χ2v) is 5.82. The summed E-state index contributed by atoms with van der Waals surface area (Å²) in [5.41, 5.74) is 1.84. The lowest BCUT2D eigenvalue weighted by atomic mass is 10.1. The number of nitrogens with one attached hydrogen (secondary N) is 2. The van der Waals surface area contributed by atoms with Crippen molar-refractivity contribution in [3.05, 3.63) is 59.8 Å². The normalized spacial score (nSPS) is 12.8. The van der Waals surface area contributed by atoms with E-state index in [0.29, 0.717) is 17.0 Å². The molecule has 2 aromatic carbocycles. The molecule has 1 amide bonds. The van der Waals surface area contributed by atoms with Crippen molar-refractivity contribution in [2.24, 2.45) is 0 Å². The summed E-state index contributed by atoms with van der Waals surface area (Å²) >= 11 is 0. The first-order valence-electron chi connectivity index (χ1n) is 7.95. The molecular formula is C19H14N2O5. The Hall–Kier alpha value is -3.61. The summed E-state index contributed by atoms with van der Waals surface area (Å²) in [6.07, 6.45) is 0. The van der Waals surface area contributed by atoms with Crippen LogP contribution < -0.4 is 10.1 Å². The van der Waals surface area contributed by atoms with Gasteiger partial charge in [0, 0.05) is 16.5 Å². The van der Waals surface area contributed by atoms with E-state index < -0.39 is 12.6 Å². The van der Waals surface area contributed by atoms with Crippen LogP contribution in [0.3, 0.4) is 0 Å². The molecule has 130 valence electrons. The molecular weight excluding hydrogens is 336 g/mol. The van der Waals surface area contributed by atoms with E-state index in [4.69, 9.17) is 9.47 Å². The van der Waals surface area contributed by atoms with Gasteiger partial charge in [-0.05, 0) is 30.3 Å². The average molecular weight is 350 g/mol. The van der Waals surface area contributed by atoms with Crippen LogP contribution in [0.15, 0.2) is 48.5 Å². The lowest BCUT2D eigenvalue weighted by Gasteiger charge is -2.18. The van der Waals surface area contributed by atoms with Gasteiger partial charge in [0.1, 0.15) is 11.4 Å². The molecule has 1 aromatic heterocycles. The van der Waals surface area contributed by atoms with Crippen LogP contribution >= 0.6 is 0 Å². The Morgan fingerprint density at radius 2 is 1.96 bits per heavy atom. The molecule has 26 heavy (non-hydrogen) atoms. The number of rotatable bonds is 4. The van der Waals surface area contributed by atoms with E-state index in [1.165, 1.54) is 6.07 Å². The molecule has 0 radical (unpaired) electrons. The number of ether oxygens (including phenoxy) is 2. The van der Waals surface area contributed by atoms with E-state index >= 15 is 0 Å². The number of esters is 1. The maximum atomic E-state index is 12.3. The molecule has 0 fully saturated rings. The third-order valence-corrected chi connectivity index (χ3v) is 4.02. The number of ketones is 1. The number of H-pyrrole nitrogens is 1. The minimum atomic E-state index is -0.607. The first kappa shape index (κ1) is 15.9. The highest BCUT2D eigenvalue weighted by molar-refractivity contribution is 6.02. The van der Waals surface area contributed by atoms with Gasteiger partial charge < -0.3 is 19.8 Å². The summed E-state index contributed by atoms with van der Waals surface area (Å²) in [7, 11) is 0. The number of aromatic amines is 1. The minimum Gasteiger partial charge on any atom is -0.482 e. The number of hydrogen-bond acceptors (Lipinski definition) is 5. The number of carbonyl (C=O) groups is 3. The van der Waals surface area contributed by atoms with E-state index in [2.05, 4.69) is 10.3 Å². The maximum absolute atomic E-state index is 12.3. The van der Waals surface area contributed by atoms with Gasteiger partial charge >= 0.3 is 5.97 Å². The highest BCUT2D eigenvalue weighted by Crippen LogP contribution is 2.28. The van der Waals surface area contributed by atoms with Gasteiger partial charge in [-0.25, -0.2) is 4.79 Å². The molecule has 0 saturated carbocycles. The first-order chi connectivity index (χ1) is 12.6. The molecule has 0 atom stereocenters. The van der Waals surface area contributed by atoms with Gasteiger partial charge in [0.05, 0.1) is 5.69 Å². The smallest absolute Gasteiger partial charge is 0.355 e. The average Bonchev–Trinajstić information content (AvgIpc) is 3.09. The van der Waals surface area contributed by atoms with Gasteiger partial charge in [-0.15, -0.1) is 0 Å². The Morgan fingerprint density at radius 3 is 2.81 bits per heavy atom. The summed E-state index contributed by atoms with van der Waals surface area (Å²) in [5.74, 6) is -0.773. The fourth-order valence-corrected chi connectivity index (χ4v) is 2.73. The standard InChI is InChI=1S/C19H14N2O5/c22-16(12-5-6-17-14(8-12)21-18(23)10-25-17)9-26-19(24)15-7-11-3-1-2-4-13(11)20-15/h1-8,20H,9-10H2,(H,21,23). The molecule has 0 unspecified atom stereocenters. The SMILES string of the molecule is O=C1COc2ccc(C(=O)COC(=O)c3cc4ccccc4[nH]3)cc2N1. The predicted octanol–water partition coefficient (Wildman–Crippen LogP) is 2.54. The van der Waals surface area contributed by atoms with Crippen LogP contribution in [-0.4, -0.2) is 35.9 Å². The van der Waals surface area contributed by atoms with Gasteiger partial charge in [-0.1, -0.05) is 18.2 Å². The van der Waals surface area contributed by atoms with E-state index in [1.807, 2.05) is 24.3 Å². The van der Waals surface area contributed by atoms with Crippen molar-refractivity contribution in [2.45, 2.75) is 0 Å². The van der Waals surface area contributed by atoms with Crippen molar-refractivity contribution >= 4 is 34.3 Å². The number of carbonyl (C=O) groups excluding carboxylic acids is 3. The lowest BCUT2D eigenvalue weighted by molar-refractivity contribution is -0.118. The van der Waals surface area contributed by atoms with E-state index in [1.54, 1.807) is 18.2 Å². The van der Waals surface area contributed by atoms with Crippen molar-refractivity contribution in [3.63, 3.8) is 0 Å². The Balaban J connectivity index is 1.44. The van der Waals surface area contributed by atoms with Crippen LogP contribution in [0.4, 0.5) is 5.69 Å². The monoisotopic (exact) mass is 350 g/mol. The van der Waals surface area contributed by atoms with Crippen molar-refractivity contribution in [2.75, 3.05) is 18.5 Å². The van der Waals surface area contributed by atoms with Crippen LogP contribution in [0.25, 0.3) is 10.9 Å². The summed E-state index contributed by atoms with van der Waals surface area (Å²) in [5, 5.41) is 3.52. The number of aromatic nitrogens is 1. The first-order valence-corrected chi connectivity index (χ1v) is 7.95. The second kappa shape index (κ2) is 6.36. The molecule has 0 spiro atoms. The molecule has 4 rings (SSSR count). The van der Waals surface area contributed by atoms with Gasteiger partial charge in [-0.3, -0.25) is 9.59 Å². The lowest BCUT2D eigenvalue weighted by Crippen LogP contribution is -2.25. The number of amides is 1. The predicted molar refractivity (Wildman–Crippen MR) is 93.5 cm³/mol. The largest absolute Gasteiger partial charge is 0.482 e. The third kappa shape index (κ3) is 3.02. The van der Waals surface area contributed by atoms with Crippen molar-refractivity contribution in [1.82, 2.24) is 4.98 Å². The summed E-state index contributed by atoms with van der Waals surface area (Å²) in [6.45, 7) is -0.454. The van der Waals surface area contributed by atoms with Gasteiger partial charge in [0.25, 0.3) is 5.91 Å². The van der Waals surface area contributed by atoms with Crippen molar-refractivity contribution < 1.29 is 23.9 Å². The second-order valence-electron chi connectivity index (χ2n) is 5.82. The quantitative estimate of drug-likeness (QED) is 0.557. The van der Waals surface area contributed by atoms with Crippen molar-refractivity contribution in [3.8, 4) is 5.75 Å². The minimum absolute atomic E-state index is 0.0532. The molecule has 1 aliphatic heterocycles. The van der Waals surface area contributed by atoms with Crippen molar-refractivity contribution in [1.29, 1.82) is 0 Å². The molecule has 1 aliphatic rings. The topological polar surface area (TPSA) is 97.5 Å². The molecule has 0 aliphatic carbocycles. The van der Waals surface area contributed by atoms with Gasteiger partial charge in [-0.2, -0.15) is 0 Å². The number of fused-ring (bicyclic) bond motifs is 2. The Bertz CT molecular complexity index is 1000. The number of anilines is 1. The zero-order chi connectivity index (χ0) is 18.1. The number of para-hydroxylation sites is 1. The molecule has 0 bridgehead atoms. The van der Waals surface area contributed by atoms with E-state index in [0.717, 1.165) is 10.9 Å². The van der Waals surface area contributed by atoms with Crippen LogP contribution in [0, 0.1) is 0 Å². The third-order valence-electron chi connectivity index (χ3n) is 4.02. The summed E-state index contributed by atoms with van der Waals surface area (Å²) < 4.78 is 10.3. The fourth-order valence-electron chi connectivity index (χ4n) is 2.73. The number of hydrogen-bond donors (Lipinski definition) is 2. The Labute approximate surface area is 147 Å².